The minimum absolute atomic E-state index is 0.108. The summed E-state index contributed by atoms with van der Waals surface area (Å²) in [6.07, 6.45) is 1.72. The maximum atomic E-state index is 12.5. The van der Waals surface area contributed by atoms with Crippen molar-refractivity contribution >= 4 is 22.5 Å². The molecule has 1 aromatic heterocycles. The summed E-state index contributed by atoms with van der Waals surface area (Å²) in [6.45, 7) is 2.84. The fourth-order valence-corrected chi connectivity index (χ4v) is 3.95. The van der Waals surface area contributed by atoms with Crippen molar-refractivity contribution in [2.45, 2.75) is 25.8 Å². The topological polar surface area (TPSA) is 58.1 Å². The minimum atomic E-state index is -0.108. The number of rotatable bonds is 4. The van der Waals surface area contributed by atoms with Gasteiger partial charge in [0.15, 0.2) is 0 Å². The first-order valence-corrected chi connectivity index (χ1v) is 9.51. The van der Waals surface area contributed by atoms with Crippen molar-refractivity contribution in [1.29, 1.82) is 0 Å². The number of urea groups is 1. The molecule has 6 heteroatoms. The largest absolute Gasteiger partial charge is 0.324 e. The summed E-state index contributed by atoms with van der Waals surface area (Å²) < 4.78 is 0. The number of anilines is 1. The lowest BCUT2D eigenvalue weighted by Crippen LogP contribution is -2.47. The normalized spacial score (nSPS) is 16.2. The molecule has 2 heterocycles. The third-order valence-corrected chi connectivity index (χ3v) is 5.42. The van der Waals surface area contributed by atoms with E-state index in [1.165, 1.54) is 28.0 Å². The van der Waals surface area contributed by atoms with E-state index in [1.807, 2.05) is 29.2 Å². The van der Waals surface area contributed by atoms with Gasteiger partial charge in [-0.15, -0.1) is 10.2 Å². The lowest BCUT2D eigenvalue weighted by atomic mass is 9.95. The Morgan fingerprint density at radius 1 is 1.19 bits per heavy atom. The number of aryl methyl sites for hydroxylation is 1. The third-order valence-electron chi connectivity index (χ3n) is 4.58. The second-order valence-electron chi connectivity index (χ2n) is 6.51. The van der Waals surface area contributed by atoms with E-state index in [2.05, 4.69) is 52.8 Å². The van der Waals surface area contributed by atoms with Crippen molar-refractivity contribution < 1.29 is 4.79 Å². The molecule has 4 rings (SSSR count). The Kier molecular flexibility index (Phi) is 4.67. The van der Waals surface area contributed by atoms with E-state index in [1.54, 1.807) is 0 Å². The number of carbonyl (C=O) groups excluding carboxylic acids is 1. The molecular weight excluding hydrogens is 344 g/mol. The highest BCUT2D eigenvalue weighted by atomic mass is 32.1. The fraction of sp³-hybridized carbons (Fsp3) is 0.250. The molecule has 5 nitrogen and oxygen atoms in total. The predicted molar refractivity (Wildman–Crippen MR) is 103 cm³/mol. The van der Waals surface area contributed by atoms with Crippen LogP contribution in [0.25, 0.3) is 0 Å². The SMILES string of the molecule is Cc1cccc(Cc2nnc(NC(=O)N3CC[C@H]3c3ccccc3)s2)c1. The molecule has 0 aliphatic carbocycles. The predicted octanol–water partition coefficient (Wildman–Crippen LogP) is 4.42. The summed E-state index contributed by atoms with van der Waals surface area (Å²) >= 11 is 1.43. The van der Waals surface area contributed by atoms with Crippen LogP contribution in [0.3, 0.4) is 0 Å². The molecule has 132 valence electrons. The quantitative estimate of drug-likeness (QED) is 0.746. The van der Waals surface area contributed by atoms with Gasteiger partial charge in [0, 0.05) is 13.0 Å². The molecule has 0 radical (unpaired) electrons. The number of aromatic nitrogens is 2. The van der Waals surface area contributed by atoms with E-state index in [4.69, 9.17) is 0 Å². The highest BCUT2D eigenvalue weighted by molar-refractivity contribution is 7.15. The standard InChI is InChI=1S/C20H20N4OS/c1-14-6-5-7-15(12-14)13-18-22-23-19(26-18)21-20(25)24-11-10-17(24)16-8-3-2-4-9-16/h2-9,12,17H,10-11,13H2,1H3,(H,21,23,25)/t17-/m0/s1. The smallest absolute Gasteiger partial charge is 0.317 e. The fourth-order valence-electron chi connectivity index (χ4n) is 3.19. The van der Waals surface area contributed by atoms with Gasteiger partial charge in [-0.2, -0.15) is 0 Å². The summed E-state index contributed by atoms with van der Waals surface area (Å²) in [5, 5.41) is 12.7. The molecule has 1 N–H and O–H groups in total. The number of nitrogens with zero attached hydrogens (tertiary/aromatic N) is 3. The second kappa shape index (κ2) is 7.25. The van der Waals surface area contributed by atoms with Gasteiger partial charge in [-0.3, -0.25) is 5.32 Å². The number of amides is 2. The van der Waals surface area contributed by atoms with Crippen LogP contribution in [0.1, 0.15) is 34.2 Å². The van der Waals surface area contributed by atoms with Gasteiger partial charge in [0.05, 0.1) is 6.04 Å². The molecule has 26 heavy (non-hydrogen) atoms. The lowest BCUT2D eigenvalue weighted by Gasteiger charge is -2.40. The number of carbonyl (C=O) groups is 1. The zero-order valence-corrected chi connectivity index (χ0v) is 15.4. The van der Waals surface area contributed by atoms with Crippen molar-refractivity contribution in [2.24, 2.45) is 0 Å². The Morgan fingerprint density at radius 3 is 2.77 bits per heavy atom. The number of nitrogens with one attached hydrogen (secondary N) is 1. The Labute approximate surface area is 156 Å². The van der Waals surface area contributed by atoms with Gasteiger partial charge in [-0.25, -0.2) is 4.79 Å². The molecule has 3 aromatic rings. The summed E-state index contributed by atoms with van der Waals surface area (Å²) in [4.78, 5) is 14.4. The van der Waals surface area contributed by atoms with E-state index in [-0.39, 0.29) is 12.1 Å². The Hall–Kier alpha value is -2.73. The van der Waals surface area contributed by atoms with Crippen LogP contribution in [0.15, 0.2) is 54.6 Å². The van der Waals surface area contributed by atoms with Crippen molar-refractivity contribution in [3.63, 3.8) is 0 Å². The molecule has 1 fully saturated rings. The summed E-state index contributed by atoms with van der Waals surface area (Å²) in [5.41, 5.74) is 3.60. The van der Waals surface area contributed by atoms with Gasteiger partial charge in [0.1, 0.15) is 5.01 Å². The van der Waals surface area contributed by atoms with Crippen molar-refractivity contribution in [1.82, 2.24) is 15.1 Å². The van der Waals surface area contributed by atoms with Crippen LogP contribution < -0.4 is 5.32 Å². The van der Waals surface area contributed by atoms with Crippen molar-refractivity contribution in [3.05, 3.63) is 76.3 Å². The molecule has 0 saturated carbocycles. The second-order valence-corrected chi connectivity index (χ2v) is 7.57. The number of likely N-dealkylation sites (tertiary alicyclic amines) is 1. The molecule has 1 aliphatic rings. The molecule has 0 unspecified atom stereocenters. The van der Waals surface area contributed by atoms with Gasteiger partial charge in [-0.1, -0.05) is 71.5 Å². The zero-order valence-electron chi connectivity index (χ0n) is 14.6. The molecule has 2 aromatic carbocycles. The van der Waals surface area contributed by atoms with Crippen LogP contribution in [0, 0.1) is 6.92 Å². The summed E-state index contributed by atoms with van der Waals surface area (Å²) in [5.74, 6) is 0. The number of hydrogen-bond acceptors (Lipinski definition) is 4. The van der Waals surface area contributed by atoms with Crippen LogP contribution in [0.2, 0.25) is 0 Å². The van der Waals surface area contributed by atoms with E-state index >= 15 is 0 Å². The minimum Gasteiger partial charge on any atom is -0.317 e. The molecule has 0 spiro atoms. The van der Waals surface area contributed by atoms with Crippen molar-refractivity contribution in [3.8, 4) is 0 Å². The first-order chi connectivity index (χ1) is 12.7. The molecule has 1 atom stereocenters. The molecule has 1 aliphatic heterocycles. The van der Waals surface area contributed by atoms with E-state index < -0.39 is 0 Å². The molecule has 0 bridgehead atoms. The van der Waals surface area contributed by atoms with Crippen LogP contribution in [0.5, 0.6) is 0 Å². The molecule has 1 saturated heterocycles. The Morgan fingerprint density at radius 2 is 2.04 bits per heavy atom. The summed E-state index contributed by atoms with van der Waals surface area (Å²) in [7, 11) is 0. The van der Waals surface area contributed by atoms with Crippen molar-refractivity contribution in [2.75, 3.05) is 11.9 Å². The van der Waals surface area contributed by atoms with Gasteiger partial charge in [-0.05, 0) is 24.5 Å². The average molecular weight is 364 g/mol. The Balaban J connectivity index is 1.39. The highest BCUT2D eigenvalue weighted by Crippen LogP contribution is 2.33. The number of benzene rings is 2. The van der Waals surface area contributed by atoms with Gasteiger partial charge in [0.25, 0.3) is 0 Å². The highest BCUT2D eigenvalue weighted by Gasteiger charge is 2.33. The third kappa shape index (κ3) is 3.60. The lowest BCUT2D eigenvalue weighted by molar-refractivity contribution is 0.126. The van der Waals surface area contributed by atoms with E-state index in [0.29, 0.717) is 5.13 Å². The van der Waals surface area contributed by atoms with Gasteiger partial charge < -0.3 is 4.90 Å². The maximum absolute atomic E-state index is 12.5. The van der Waals surface area contributed by atoms with Crippen LogP contribution in [0.4, 0.5) is 9.93 Å². The maximum Gasteiger partial charge on any atom is 0.324 e. The number of hydrogen-bond donors (Lipinski definition) is 1. The average Bonchev–Trinajstić information content (AvgIpc) is 3.01. The van der Waals surface area contributed by atoms with Crippen LogP contribution in [-0.2, 0) is 6.42 Å². The van der Waals surface area contributed by atoms with E-state index in [0.717, 1.165) is 24.4 Å². The molecule has 2 amide bonds. The molecular formula is C20H20N4OS. The van der Waals surface area contributed by atoms with E-state index in [9.17, 15) is 4.79 Å². The monoisotopic (exact) mass is 364 g/mol. The first kappa shape index (κ1) is 16.7. The van der Waals surface area contributed by atoms with Crippen LogP contribution in [-0.4, -0.2) is 27.7 Å². The zero-order chi connectivity index (χ0) is 17.9. The first-order valence-electron chi connectivity index (χ1n) is 8.69. The van der Waals surface area contributed by atoms with Gasteiger partial charge >= 0.3 is 6.03 Å². The van der Waals surface area contributed by atoms with Crippen LogP contribution >= 0.6 is 11.3 Å². The van der Waals surface area contributed by atoms with Gasteiger partial charge in [0.2, 0.25) is 5.13 Å². The summed E-state index contributed by atoms with van der Waals surface area (Å²) in [6, 6.07) is 18.5. The Bertz CT molecular complexity index is 909.